The molecule has 3 heteroatoms. The van der Waals surface area contributed by atoms with Crippen LogP contribution in [-0.2, 0) is 0 Å². The molecule has 0 aliphatic carbocycles. The summed E-state index contributed by atoms with van der Waals surface area (Å²) in [7, 11) is 0. The fourth-order valence-corrected chi connectivity index (χ4v) is 1.94. The zero-order valence-electron chi connectivity index (χ0n) is 10.1. The minimum absolute atomic E-state index is 0.624. The van der Waals surface area contributed by atoms with Crippen LogP contribution in [0.5, 0.6) is 5.88 Å². The Kier molecular flexibility index (Phi) is 3.78. The van der Waals surface area contributed by atoms with Gasteiger partial charge in [-0.25, -0.2) is 4.98 Å². The number of pyridine rings is 1. The van der Waals surface area contributed by atoms with Gasteiger partial charge in [-0.15, -0.1) is 0 Å². The van der Waals surface area contributed by atoms with Crippen LogP contribution in [0.4, 0.5) is 0 Å². The van der Waals surface area contributed by atoms with Crippen molar-refractivity contribution >= 4 is 0 Å². The Morgan fingerprint density at radius 2 is 2.31 bits per heavy atom. The number of ether oxygens (including phenoxy) is 1. The molecule has 2 atom stereocenters. The Bertz CT molecular complexity index is 315. The first-order valence-electron chi connectivity index (χ1n) is 6.03. The topological polar surface area (TPSA) is 34.1 Å². The summed E-state index contributed by atoms with van der Waals surface area (Å²) < 4.78 is 5.68. The second-order valence-electron chi connectivity index (χ2n) is 4.74. The standard InChI is InChI=1S/C13H20N2O/c1-10-3-6-13(15-7-10)16-9-12-5-4-11(2)14-8-12/h3,6-7,11-12,14H,4-5,8-9H2,1-2H3/t11-,12-/m1/s1. The van der Waals surface area contributed by atoms with Crippen molar-refractivity contribution in [2.45, 2.75) is 32.7 Å². The number of hydrogen-bond acceptors (Lipinski definition) is 3. The first-order valence-corrected chi connectivity index (χ1v) is 6.03. The molecule has 1 aromatic rings. The molecule has 0 aromatic carbocycles. The summed E-state index contributed by atoms with van der Waals surface area (Å²) in [6, 6.07) is 4.63. The number of aromatic nitrogens is 1. The summed E-state index contributed by atoms with van der Waals surface area (Å²) in [5, 5.41) is 3.48. The van der Waals surface area contributed by atoms with Gasteiger partial charge in [-0.3, -0.25) is 0 Å². The predicted octanol–water partition coefficient (Wildman–Crippen LogP) is 2.16. The van der Waals surface area contributed by atoms with Crippen LogP contribution in [0.3, 0.4) is 0 Å². The fraction of sp³-hybridized carbons (Fsp3) is 0.615. The van der Waals surface area contributed by atoms with Crippen LogP contribution in [0.25, 0.3) is 0 Å². The van der Waals surface area contributed by atoms with Gasteiger partial charge in [-0.05, 0) is 32.3 Å². The maximum absolute atomic E-state index is 5.68. The lowest BCUT2D eigenvalue weighted by molar-refractivity contribution is 0.198. The van der Waals surface area contributed by atoms with Crippen molar-refractivity contribution in [2.24, 2.45) is 5.92 Å². The molecule has 0 radical (unpaired) electrons. The van der Waals surface area contributed by atoms with Gasteiger partial charge in [0.05, 0.1) is 6.61 Å². The molecule has 1 aliphatic rings. The highest BCUT2D eigenvalue weighted by Gasteiger charge is 2.17. The van der Waals surface area contributed by atoms with Gasteiger partial charge in [-0.1, -0.05) is 6.07 Å². The van der Waals surface area contributed by atoms with E-state index < -0.39 is 0 Å². The molecule has 1 aliphatic heterocycles. The fourth-order valence-electron chi connectivity index (χ4n) is 1.94. The molecule has 1 N–H and O–H groups in total. The lowest BCUT2D eigenvalue weighted by Crippen LogP contribution is -2.39. The largest absolute Gasteiger partial charge is 0.477 e. The molecule has 0 saturated carbocycles. The minimum atomic E-state index is 0.624. The zero-order chi connectivity index (χ0) is 11.4. The molecule has 88 valence electrons. The van der Waals surface area contributed by atoms with Crippen LogP contribution in [-0.4, -0.2) is 24.2 Å². The molecular weight excluding hydrogens is 200 g/mol. The van der Waals surface area contributed by atoms with Crippen molar-refractivity contribution in [3.8, 4) is 5.88 Å². The van der Waals surface area contributed by atoms with E-state index >= 15 is 0 Å². The lowest BCUT2D eigenvalue weighted by Gasteiger charge is -2.27. The van der Waals surface area contributed by atoms with E-state index in [1.165, 1.54) is 18.4 Å². The average molecular weight is 220 g/mol. The van der Waals surface area contributed by atoms with Gasteiger partial charge in [0, 0.05) is 30.8 Å². The van der Waals surface area contributed by atoms with Crippen LogP contribution in [0, 0.1) is 12.8 Å². The van der Waals surface area contributed by atoms with Gasteiger partial charge in [0.1, 0.15) is 0 Å². The van der Waals surface area contributed by atoms with Gasteiger partial charge in [0.25, 0.3) is 0 Å². The maximum Gasteiger partial charge on any atom is 0.213 e. The highest BCUT2D eigenvalue weighted by Crippen LogP contribution is 2.15. The Hall–Kier alpha value is -1.09. The second kappa shape index (κ2) is 5.30. The molecule has 2 heterocycles. The molecule has 0 unspecified atom stereocenters. The molecule has 0 bridgehead atoms. The molecule has 1 aromatic heterocycles. The summed E-state index contributed by atoms with van der Waals surface area (Å²) in [5.41, 5.74) is 1.17. The number of nitrogens with one attached hydrogen (secondary N) is 1. The second-order valence-corrected chi connectivity index (χ2v) is 4.74. The van der Waals surface area contributed by atoms with Crippen molar-refractivity contribution in [2.75, 3.05) is 13.2 Å². The molecule has 1 saturated heterocycles. The van der Waals surface area contributed by atoms with E-state index in [0.717, 1.165) is 19.0 Å². The van der Waals surface area contributed by atoms with Crippen LogP contribution in [0.1, 0.15) is 25.3 Å². The van der Waals surface area contributed by atoms with E-state index in [1.807, 2.05) is 25.3 Å². The zero-order valence-corrected chi connectivity index (χ0v) is 10.1. The van der Waals surface area contributed by atoms with Crippen molar-refractivity contribution in [3.63, 3.8) is 0 Å². The summed E-state index contributed by atoms with van der Waals surface area (Å²) >= 11 is 0. The van der Waals surface area contributed by atoms with Crippen molar-refractivity contribution in [3.05, 3.63) is 23.9 Å². The summed E-state index contributed by atoms with van der Waals surface area (Å²) in [5.74, 6) is 1.36. The third-order valence-corrected chi connectivity index (χ3v) is 3.11. The first kappa shape index (κ1) is 11.4. The number of aryl methyl sites for hydroxylation is 1. The van der Waals surface area contributed by atoms with E-state index in [4.69, 9.17) is 4.74 Å². The van der Waals surface area contributed by atoms with Crippen LogP contribution < -0.4 is 10.1 Å². The van der Waals surface area contributed by atoms with Crippen LogP contribution in [0.15, 0.2) is 18.3 Å². The molecule has 16 heavy (non-hydrogen) atoms. The smallest absolute Gasteiger partial charge is 0.213 e. The predicted molar refractivity (Wildman–Crippen MR) is 64.7 cm³/mol. The number of nitrogens with zero attached hydrogens (tertiary/aromatic N) is 1. The monoisotopic (exact) mass is 220 g/mol. The third-order valence-electron chi connectivity index (χ3n) is 3.11. The van der Waals surface area contributed by atoms with Crippen LogP contribution in [0.2, 0.25) is 0 Å². The van der Waals surface area contributed by atoms with Gasteiger partial charge in [0.15, 0.2) is 0 Å². The number of piperidine rings is 1. The van der Waals surface area contributed by atoms with E-state index in [9.17, 15) is 0 Å². The summed E-state index contributed by atoms with van der Waals surface area (Å²) in [6.45, 7) is 6.10. The quantitative estimate of drug-likeness (QED) is 0.847. The summed E-state index contributed by atoms with van der Waals surface area (Å²) in [4.78, 5) is 4.23. The summed E-state index contributed by atoms with van der Waals surface area (Å²) in [6.07, 6.45) is 4.34. The van der Waals surface area contributed by atoms with Gasteiger partial charge >= 0.3 is 0 Å². The lowest BCUT2D eigenvalue weighted by atomic mass is 9.96. The van der Waals surface area contributed by atoms with E-state index in [0.29, 0.717) is 12.0 Å². The average Bonchev–Trinajstić information content (AvgIpc) is 2.30. The molecule has 3 nitrogen and oxygen atoms in total. The van der Waals surface area contributed by atoms with Crippen LogP contribution >= 0.6 is 0 Å². The van der Waals surface area contributed by atoms with E-state index in [2.05, 4.69) is 17.2 Å². The van der Waals surface area contributed by atoms with Crippen molar-refractivity contribution in [1.29, 1.82) is 0 Å². The van der Waals surface area contributed by atoms with Crippen molar-refractivity contribution in [1.82, 2.24) is 10.3 Å². The maximum atomic E-state index is 5.68. The minimum Gasteiger partial charge on any atom is -0.477 e. The Balaban J connectivity index is 1.77. The molecular formula is C13H20N2O. The number of hydrogen-bond donors (Lipinski definition) is 1. The van der Waals surface area contributed by atoms with Crippen molar-refractivity contribution < 1.29 is 4.74 Å². The van der Waals surface area contributed by atoms with E-state index in [1.54, 1.807) is 0 Å². The molecule has 1 fully saturated rings. The Morgan fingerprint density at radius 3 is 2.94 bits per heavy atom. The molecule has 2 rings (SSSR count). The first-order chi connectivity index (χ1) is 7.74. The SMILES string of the molecule is Cc1ccc(OC[C@@H]2CC[C@@H](C)NC2)nc1. The normalized spacial score (nSPS) is 25.4. The third kappa shape index (κ3) is 3.20. The van der Waals surface area contributed by atoms with Gasteiger partial charge in [-0.2, -0.15) is 0 Å². The highest BCUT2D eigenvalue weighted by atomic mass is 16.5. The van der Waals surface area contributed by atoms with E-state index in [-0.39, 0.29) is 0 Å². The Morgan fingerprint density at radius 1 is 1.44 bits per heavy atom. The van der Waals surface area contributed by atoms with Gasteiger partial charge < -0.3 is 10.1 Å². The number of rotatable bonds is 3. The molecule has 0 amide bonds. The molecule has 0 spiro atoms. The Labute approximate surface area is 97.2 Å². The van der Waals surface area contributed by atoms with Gasteiger partial charge in [0.2, 0.25) is 5.88 Å². The highest BCUT2D eigenvalue weighted by molar-refractivity contribution is 5.16.